The van der Waals surface area contributed by atoms with Crippen LogP contribution in [-0.2, 0) is 6.54 Å². The van der Waals surface area contributed by atoms with Crippen LogP contribution in [0.4, 0.5) is 0 Å². The van der Waals surface area contributed by atoms with Crippen molar-refractivity contribution in [3.8, 4) is 11.5 Å². The Bertz CT molecular complexity index is 887. The molecular formula is C25H37IN4O3. The number of hydrogen-bond donors (Lipinski definition) is 3. The minimum atomic E-state index is -0.617. The van der Waals surface area contributed by atoms with Gasteiger partial charge in [0.1, 0.15) is 11.5 Å². The number of aliphatic imine (C=N–C) groups is 1. The monoisotopic (exact) mass is 568 g/mol. The van der Waals surface area contributed by atoms with Crippen LogP contribution in [0, 0.1) is 6.92 Å². The Kier molecular flexibility index (Phi) is 11.2. The molecule has 3 N–H and O–H groups in total. The molecule has 1 heterocycles. The van der Waals surface area contributed by atoms with Gasteiger partial charge in [0.05, 0.1) is 26.9 Å². The summed E-state index contributed by atoms with van der Waals surface area (Å²) in [6.07, 6.45) is 0.417. The van der Waals surface area contributed by atoms with Crippen molar-refractivity contribution in [1.82, 2.24) is 15.5 Å². The Labute approximate surface area is 214 Å². The van der Waals surface area contributed by atoms with Crippen molar-refractivity contribution in [2.45, 2.75) is 39.0 Å². The van der Waals surface area contributed by atoms with E-state index in [1.165, 1.54) is 5.56 Å². The highest BCUT2D eigenvalue weighted by Gasteiger charge is 2.23. The topological polar surface area (TPSA) is 78.4 Å². The van der Waals surface area contributed by atoms with Gasteiger partial charge in [-0.1, -0.05) is 29.8 Å². The molecule has 2 atom stereocenters. The predicted octanol–water partition coefficient (Wildman–Crippen LogP) is 3.49. The molecule has 0 aromatic heterocycles. The zero-order valence-electron chi connectivity index (χ0n) is 20.0. The first-order valence-electron chi connectivity index (χ1n) is 11.2. The van der Waals surface area contributed by atoms with E-state index in [0.717, 1.165) is 61.2 Å². The van der Waals surface area contributed by atoms with E-state index in [0.29, 0.717) is 12.6 Å². The number of aliphatic hydroxyl groups excluding tert-OH is 1. The van der Waals surface area contributed by atoms with Gasteiger partial charge in [0.25, 0.3) is 0 Å². The molecule has 2 aromatic rings. The first-order valence-corrected chi connectivity index (χ1v) is 11.2. The number of rotatable bonds is 9. The maximum absolute atomic E-state index is 10.5. The first-order chi connectivity index (χ1) is 15.5. The van der Waals surface area contributed by atoms with Crippen LogP contribution < -0.4 is 20.1 Å². The Morgan fingerprint density at radius 1 is 1.18 bits per heavy atom. The van der Waals surface area contributed by atoms with Crippen molar-refractivity contribution in [1.29, 1.82) is 0 Å². The number of aliphatic hydroxyl groups is 1. The molecular weight excluding hydrogens is 531 g/mol. The smallest absolute Gasteiger partial charge is 0.191 e. The van der Waals surface area contributed by atoms with Crippen LogP contribution in [0.15, 0.2) is 47.5 Å². The molecule has 3 rings (SSSR count). The Balaban J connectivity index is 0.00000385. The Hall–Kier alpha value is -2.04. The van der Waals surface area contributed by atoms with E-state index in [-0.39, 0.29) is 24.0 Å². The molecule has 0 bridgehead atoms. The predicted molar refractivity (Wildman–Crippen MR) is 144 cm³/mol. The standard InChI is InChI=1S/C25H36N4O3.HI/c1-5-26-25(27-15-24(30)20-8-6-7-18(2)11-20)28-21-9-10-29(17-21)16-19-12-22(31-3)14-23(13-19)32-4;/h6-8,11-14,21,24,30H,5,9-10,15-17H2,1-4H3,(H2,26,27,28);1H. The zero-order valence-corrected chi connectivity index (χ0v) is 22.3. The number of ether oxygens (including phenoxy) is 2. The van der Waals surface area contributed by atoms with Crippen molar-refractivity contribution in [2.24, 2.45) is 4.99 Å². The van der Waals surface area contributed by atoms with Crippen LogP contribution in [-0.4, -0.2) is 62.4 Å². The molecule has 7 nitrogen and oxygen atoms in total. The van der Waals surface area contributed by atoms with Gasteiger partial charge in [0.2, 0.25) is 0 Å². The molecule has 1 saturated heterocycles. The molecule has 33 heavy (non-hydrogen) atoms. The molecule has 1 aliphatic rings. The second-order valence-corrected chi connectivity index (χ2v) is 8.24. The number of nitrogens with one attached hydrogen (secondary N) is 2. The third kappa shape index (κ3) is 8.35. The maximum Gasteiger partial charge on any atom is 0.191 e. The van der Waals surface area contributed by atoms with Gasteiger partial charge in [0.15, 0.2) is 5.96 Å². The van der Waals surface area contributed by atoms with E-state index >= 15 is 0 Å². The second-order valence-electron chi connectivity index (χ2n) is 8.24. The lowest BCUT2D eigenvalue weighted by Crippen LogP contribution is -2.44. The molecule has 182 valence electrons. The van der Waals surface area contributed by atoms with Gasteiger partial charge in [0, 0.05) is 38.3 Å². The zero-order chi connectivity index (χ0) is 22.9. The van der Waals surface area contributed by atoms with Crippen LogP contribution in [0.3, 0.4) is 0 Å². The lowest BCUT2D eigenvalue weighted by molar-refractivity contribution is 0.187. The fraction of sp³-hybridized carbons (Fsp3) is 0.480. The van der Waals surface area contributed by atoms with Crippen molar-refractivity contribution >= 4 is 29.9 Å². The molecule has 0 amide bonds. The normalized spacial score (nSPS) is 17.2. The highest BCUT2D eigenvalue weighted by Crippen LogP contribution is 2.24. The summed E-state index contributed by atoms with van der Waals surface area (Å²) in [4.78, 5) is 7.04. The summed E-state index contributed by atoms with van der Waals surface area (Å²) in [6.45, 7) is 7.92. The molecule has 2 unspecified atom stereocenters. The highest BCUT2D eigenvalue weighted by atomic mass is 127. The molecule has 1 fully saturated rings. The number of hydrogen-bond acceptors (Lipinski definition) is 5. The van der Waals surface area contributed by atoms with Crippen molar-refractivity contribution in [3.63, 3.8) is 0 Å². The third-order valence-corrected chi connectivity index (χ3v) is 5.62. The molecule has 0 aliphatic carbocycles. The first kappa shape index (κ1) is 27.2. The van der Waals surface area contributed by atoms with Crippen LogP contribution in [0.25, 0.3) is 0 Å². The number of benzene rings is 2. The number of guanidine groups is 1. The van der Waals surface area contributed by atoms with E-state index in [9.17, 15) is 5.11 Å². The largest absolute Gasteiger partial charge is 0.497 e. The number of halogens is 1. The molecule has 0 saturated carbocycles. The van der Waals surface area contributed by atoms with Gasteiger partial charge in [-0.2, -0.15) is 0 Å². The summed E-state index contributed by atoms with van der Waals surface area (Å²) in [7, 11) is 3.34. The van der Waals surface area contributed by atoms with Gasteiger partial charge in [-0.15, -0.1) is 24.0 Å². The van der Waals surface area contributed by atoms with E-state index < -0.39 is 6.10 Å². The maximum atomic E-state index is 10.5. The minimum absolute atomic E-state index is 0. The average Bonchev–Trinajstić information content (AvgIpc) is 3.23. The van der Waals surface area contributed by atoms with Gasteiger partial charge in [-0.3, -0.25) is 9.89 Å². The minimum Gasteiger partial charge on any atom is -0.497 e. The fourth-order valence-corrected chi connectivity index (χ4v) is 3.98. The van der Waals surface area contributed by atoms with Crippen LogP contribution in [0.5, 0.6) is 11.5 Å². The molecule has 1 aliphatic heterocycles. The van der Waals surface area contributed by atoms with E-state index in [1.54, 1.807) is 14.2 Å². The Morgan fingerprint density at radius 3 is 2.55 bits per heavy atom. The van der Waals surface area contributed by atoms with Crippen molar-refractivity contribution in [3.05, 3.63) is 59.2 Å². The van der Waals surface area contributed by atoms with Crippen molar-refractivity contribution < 1.29 is 14.6 Å². The third-order valence-electron chi connectivity index (χ3n) is 5.62. The second kappa shape index (κ2) is 13.6. The van der Waals surface area contributed by atoms with Crippen LogP contribution in [0.2, 0.25) is 0 Å². The van der Waals surface area contributed by atoms with E-state index in [4.69, 9.17) is 9.47 Å². The number of likely N-dealkylation sites (tertiary alicyclic amines) is 1. The van der Waals surface area contributed by atoms with Crippen molar-refractivity contribution in [2.75, 3.05) is 40.4 Å². The van der Waals surface area contributed by atoms with E-state index in [2.05, 4.69) is 32.7 Å². The number of nitrogens with zero attached hydrogens (tertiary/aromatic N) is 2. The van der Waals surface area contributed by atoms with Crippen LogP contribution >= 0.6 is 24.0 Å². The summed E-state index contributed by atoms with van der Waals surface area (Å²) < 4.78 is 10.8. The summed E-state index contributed by atoms with van der Waals surface area (Å²) in [5.41, 5.74) is 3.20. The van der Waals surface area contributed by atoms with Gasteiger partial charge >= 0.3 is 0 Å². The average molecular weight is 569 g/mol. The van der Waals surface area contributed by atoms with E-state index in [1.807, 2.05) is 44.2 Å². The lowest BCUT2D eigenvalue weighted by atomic mass is 10.1. The van der Waals surface area contributed by atoms with Crippen LogP contribution in [0.1, 0.15) is 36.1 Å². The van der Waals surface area contributed by atoms with Gasteiger partial charge < -0.3 is 25.2 Å². The number of aryl methyl sites for hydroxylation is 1. The summed E-state index contributed by atoms with van der Waals surface area (Å²) in [5, 5.41) is 17.4. The molecule has 0 radical (unpaired) electrons. The Morgan fingerprint density at radius 2 is 1.91 bits per heavy atom. The summed E-state index contributed by atoms with van der Waals surface area (Å²) >= 11 is 0. The highest BCUT2D eigenvalue weighted by molar-refractivity contribution is 14.0. The molecule has 8 heteroatoms. The molecule has 0 spiro atoms. The van der Waals surface area contributed by atoms with Gasteiger partial charge in [-0.05, 0) is 43.5 Å². The summed E-state index contributed by atoms with van der Waals surface area (Å²) in [6, 6.07) is 14.2. The quantitative estimate of drug-likeness (QED) is 0.244. The summed E-state index contributed by atoms with van der Waals surface area (Å²) in [5.74, 6) is 2.36. The number of methoxy groups -OCH3 is 2. The van der Waals surface area contributed by atoms with Gasteiger partial charge in [-0.25, -0.2) is 0 Å². The fourth-order valence-electron chi connectivity index (χ4n) is 3.98. The molecule has 2 aromatic carbocycles. The SMILES string of the molecule is CCNC(=NCC(O)c1cccc(C)c1)NC1CCN(Cc2cc(OC)cc(OC)c2)C1.I. The lowest BCUT2D eigenvalue weighted by Gasteiger charge is -2.20.